The molecule has 0 spiro atoms. The lowest BCUT2D eigenvalue weighted by Crippen LogP contribution is -2.21. The summed E-state index contributed by atoms with van der Waals surface area (Å²) in [4.78, 5) is 24.0. The summed E-state index contributed by atoms with van der Waals surface area (Å²) in [6, 6.07) is 17.0. The summed E-state index contributed by atoms with van der Waals surface area (Å²) in [5.74, 6) is -0.360. The molecule has 0 bridgehead atoms. The number of carbonyl (C=O) groups excluding carboxylic acids is 2. The van der Waals surface area contributed by atoms with Crippen molar-refractivity contribution in [2.45, 2.75) is 20.4 Å². The van der Waals surface area contributed by atoms with E-state index in [1.165, 1.54) is 6.08 Å². The molecule has 29 heavy (non-hydrogen) atoms. The van der Waals surface area contributed by atoms with E-state index in [-0.39, 0.29) is 11.8 Å². The van der Waals surface area contributed by atoms with Crippen molar-refractivity contribution in [1.29, 1.82) is 0 Å². The molecule has 0 aliphatic rings. The fourth-order valence-electron chi connectivity index (χ4n) is 3.09. The van der Waals surface area contributed by atoms with Gasteiger partial charge in [0, 0.05) is 36.5 Å². The van der Waals surface area contributed by atoms with Crippen LogP contribution in [0.4, 0.5) is 0 Å². The molecular formula is C23H24N4O2. The largest absolute Gasteiger partial charge is 0.355 e. The highest BCUT2D eigenvalue weighted by Gasteiger charge is 2.11. The fourth-order valence-corrected chi connectivity index (χ4v) is 3.09. The molecule has 0 atom stereocenters. The summed E-state index contributed by atoms with van der Waals surface area (Å²) >= 11 is 0. The van der Waals surface area contributed by atoms with Crippen molar-refractivity contribution in [1.82, 2.24) is 20.4 Å². The van der Waals surface area contributed by atoms with Gasteiger partial charge in [-0.2, -0.15) is 5.10 Å². The van der Waals surface area contributed by atoms with Gasteiger partial charge >= 0.3 is 0 Å². The summed E-state index contributed by atoms with van der Waals surface area (Å²) in [6.07, 6.45) is 3.29. The molecule has 2 aromatic carbocycles. The van der Waals surface area contributed by atoms with E-state index in [1.54, 1.807) is 31.3 Å². The Labute approximate surface area is 170 Å². The third-order valence-electron chi connectivity index (χ3n) is 4.63. The van der Waals surface area contributed by atoms with Crippen LogP contribution in [0.25, 0.3) is 11.8 Å². The van der Waals surface area contributed by atoms with Gasteiger partial charge in [-0.05, 0) is 49.8 Å². The average Bonchev–Trinajstić information content (AvgIpc) is 3.04. The number of para-hydroxylation sites is 1. The molecule has 6 heteroatoms. The van der Waals surface area contributed by atoms with Crippen LogP contribution in [0.3, 0.4) is 0 Å². The van der Waals surface area contributed by atoms with E-state index >= 15 is 0 Å². The molecule has 1 heterocycles. The first-order valence-electron chi connectivity index (χ1n) is 9.38. The van der Waals surface area contributed by atoms with Crippen LogP contribution in [0.15, 0.2) is 60.7 Å². The highest BCUT2D eigenvalue weighted by Crippen LogP contribution is 2.19. The number of nitrogens with zero attached hydrogens (tertiary/aromatic N) is 2. The fraction of sp³-hybridized carbons (Fsp3) is 0.174. The van der Waals surface area contributed by atoms with Crippen molar-refractivity contribution >= 4 is 17.9 Å². The van der Waals surface area contributed by atoms with Crippen LogP contribution in [-0.4, -0.2) is 28.6 Å². The minimum Gasteiger partial charge on any atom is -0.355 e. The predicted molar refractivity (Wildman–Crippen MR) is 114 cm³/mol. The zero-order chi connectivity index (χ0) is 20.8. The standard InChI is InChI=1S/C23H24N4O2/c1-16-21(17(2)27(26-16)20-10-5-4-6-11-20)12-13-22(28)25-15-18-8-7-9-19(14-18)23(29)24-3/h4-14H,15H2,1-3H3,(H,24,29)(H,25,28)/b13-12+. The normalized spacial score (nSPS) is 10.9. The van der Waals surface area contributed by atoms with E-state index in [4.69, 9.17) is 0 Å². The molecule has 0 unspecified atom stereocenters. The molecule has 0 fully saturated rings. The number of rotatable bonds is 6. The smallest absolute Gasteiger partial charge is 0.251 e. The first kappa shape index (κ1) is 20.1. The quantitative estimate of drug-likeness (QED) is 0.637. The van der Waals surface area contributed by atoms with Gasteiger partial charge in [-0.25, -0.2) is 4.68 Å². The van der Waals surface area contributed by atoms with Crippen LogP contribution in [0.2, 0.25) is 0 Å². The van der Waals surface area contributed by atoms with Crippen LogP contribution >= 0.6 is 0 Å². The molecule has 0 saturated carbocycles. The van der Waals surface area contributed by atoms with Crippen LogP contribution < -0.4 is 10.6 Å². The van der Waals surface area contributed by atoms with Gasteiger partial charge in [-0.3, -0.25) is 9.59 Å². The molecule has 2 N–H and O–H groups in total. The summed E-state index contributed by atoms with van der Waals surface area (Å²) in [5, 5.41) is 10.0. The summed E-state index contributed by atoms with van der Waals surface area (Å²) < 4.78 is 1.87. The number of aryl methyl sites for hydroxylation is 1. The van der Waals surface area contributed by atoms with Gasteiger partial charge in [0.15, 0.2) is 0 Å². The number of hydrogen-bond donors (Lipinski definition) is 2. The number of amides is 2. The molecular weight excluding hydrogens is 364 g/mol. The topological polar surface area (TPSA) is 76.0 Å². The molecule has 0 radical (unpaired) electrons. The zero-order valence-electron chi connectivity index (χ0n) is 16.8. The minimum atomic E-state index is -0.207. The van der Waals surface area contributed by atoms with Crippen molar-refractivity contribution in [3.8, 4) is 5.69 Å². The lowest BCUT2D eigenvalue weighted by molar-refractivity contribution is -0.116. The Hall–Kier alpha value is -3.67. The van der Waals surface area contributed by atoms with Gasteiger partial charge in [-0.15, -0.1) is 0 Å². The number of aromatic nitrogens is 2. The number of nitrogens with one attached hydrogen (secondary N) is 2. The predicted octanol–water partition coefficient (Wildman–Crippen LogP) is 3.18. The van der Waals surface area contributed by atoms with E-state index < -0.39 is 0 Å². The highest BCUT2D eigenvalue weighted by atomic mass is 16.2. The number of benzene rings is 2. The monoisotopic (exact) mass is 388 g/mol. The second-order valence-corrected chi connectivity index (χ2v) is 6.66. The summed E-state index contributed by atoms with van der Waals surface area (Å²) in [6.45, 7) is 4.25. The van der Waals surface area contributed by atoms with Gasteiger partial charge < -0.3 is 10.6 Å². The Balaban J connectivity index is 1.67. The number of hydrogen-bond acceptors (Lipinski definition) is 3. The molecule has 6 nitrogen and oxygen atoms in total. The van der Waals surface area contributed by atoms with Crippen molar-refractivity contribution in [2.24, 2.45) is 0 Å². The van der Waals surface area contributed by atoms with Crippen molar-refractivity contribution in [3.63, 3.8) is 0 Å². The van der Waals surface area contributed by atoms with Crippen molar-refractivity contribution < 1.29 is 9.59 Å². The molecule has 0 aliphatic carbocycles. The average molecular weight is 388 g/mol. The van der Waals surface area contributed by atoms with Crippen LogP contribution in [-0.2, 0) is 11.3 Å². The van der Waals surface area contributed by atoms with E-state index in [2.05, 4.69) is 15.7 Å². The lowest BCUT2D eigenvalue weighted by Gasteiger charge is -2.05. The maximum Gasteiger partial charge on any atom is 0.251 e. The third kappa shape index (κ3) is 4.79. The van der Waals surface area contributed by atoms with E-state index in [0.29, 0.717) is 12.1 Å². The molecule has 3 rings (SSSR count). The van der Waals surface area contributed by atoms with Gasteiger partial charge in [0.2, 0.25) is 5.91 Å². The zero-order valence-corrected chi connectivity index (χ0v) is 16.8. The second kappa shape index (κ2) is 9.01. The van der Waals surface area contributed by atoms with Crippen LogP contribution in [0.5, 0.6) is 0 Å². The first-order valence-corrected chi connectivity index (χ1v) is 9.38. The van der Waals surface area contributed by atoms with E-state index in [0.717, 1.165) is 28.2 Å². The molecule has 148 valence electrons. The van der Waals surface area contributed by atoms with Gasteiger partial charge in [0.05, 0.1) is 11.4 Å². The Bertz CT molecular complexity index is 1050. The lowest BCUT2D eigenvalue weighted by atomic mass is 10.1. The molecule has 1 aromatic heterocycles. The van der Waals surface area contributed by atoms with Crippen LogP contribution in [0.1, 0.15) is 32.9 Å². The van der Waals surface area contributed by atoms with Gasteiger partial charge in [0.1, 0.15) is 0 Å². The Kier molecular flexibility index (Phi) is 6.24. The molecule has 2 amide bonds. The Morgan fingerprint density at radius 2 is 1.83 bits per heavy atom. The number of carbonyl (C=O) groups is 2. The summed E-state index contributed by atoms with van der Waals surface area (Å²) in [5.41, 5.74) is 5.15. The maximum atomic E-state index is 12.3. The van der Waals surface area contributed by atoms with Gasteiger partial charge in [-0.1, -0.05) is 30.3 Å². The summed E-state index contributed by atoms with van der Waals surface area (Å²) in [7, 11) is 1.59. The van der Waals surface area contributed by atoms with Crippen molar-refractivity contribution in [3.05, 3.63) is 88.8 Å². The van der Waals surface area contributed by atoms with E-state index in [1.807, 2.05) is 54.9 Å². The molecule has 0 saturated heterocycles. The van der Waals surface area contributed by atoms with Crippen molar-refractivity contribution in [2.75, 3.05) is 7.05 Å². The minimum absolute atomic E-state index is 0.153. The second-order valence-electron chi connectivity index (χ2n) is 6.66. The first-order chi connectivity index (χ1) is 14.0. The third-order valence-corrected chi connectivity index (χ3v) is 4.63. The Morgan fingerprint density at radius 1 is 1.07 bits per heavy atom. The molecule has 0 aliphatic heterocycles. The van der Waals surface area contributed by atoms with E-state index in [9.17, 15) is 9.59 Å². The maximum absolute atomic E-state index is 12.3. The van der Waals surface area contributed by atoms with Crippen LogP contribution in [0, 0.1) is 13.8 Å². The Morgan fingerprint density at radius 3 is 2.55 bits per heavy atom. The SMILES string of the molecule is CNC(=O)c1cccc(CNC(=O)/C=C/c2c(C)nn(-c3ccccc3)c2C)c1. The highest BCUT2D eigenvalue weighted by molar-refractivity contribution is 5.94. The van der Waals surface area contributed by atoms with Gasteiger partial charge in [0.25, 0.3) is 5.91 Å². The molecule has 3 aromatic rings.